The van der Waals surface area contributed by atoms with Crippen LogP contribution in [0, 0.1) is 0 Å². The number of furan rings is 1. The fraction of sp³-hybridized carbons (Fsp3) is 0.286. The summed E-state index contributed by atoms with van der Waals surface area (Å²) < 4.78 is 10.4. The van der Waals surface area contributed by atoms with Gasteiger partial charge in [-0.3, -0.25) is 0 Å². The first kappa shape index (κ1) is 12.5. The van der Waals surface area contributed by atoms with Gasteiger partial charge in [-0.25, -0.2) is 0 Å². The number of ether oxygens (including phenoxy) is 1. The Labute approximate surface area is 106 Å². The summed E-state index contributed by atoms with van der Waals surface area (Å²) >= 11 is 0. The summed E-state index contributed by atoms with van der Waals surface area (Å²) in [5.74, 6) is 1.86. The van der Waals surface area contributed by atoms with Crippen molar-refractivity contribution < 1.29 is 14.3 Å². The van der Waals surface area contributed by atoms with Crippen molar-refractivity contribution in [3.8, 4) is 11.5 Å². The van der Waals surface area contributed by atoms with Crippen LogP contribution >= 0.6 is 0 Å². The van der Waals surface area contributed by atoms with Crippen LogP contribution in [-0.4, -0.2) is 12.2 Å². The average Bonchev–Trinajstić information content (AvgIpc) is 2.91. The lowest BCUT2D eigenvalue weighted by molar-refractivity contribution is 0.405. The number of methoxy groups -OCH3 is 1. The van der Waals surface area contributed by atoms with E-state index >= 15 is 0 Å². The number of hydrogen-bond acceptors (Lipinski definition) is 4. The molecule has 0 spiro atoms. The van der Waals surface area contributed by atoms with Gasteiger partial charge in [0.15, 0.2) is 0 Å². The molecule has 2 aromatic rings. The Hall–Kier alpha value is -1.94. The highest BCUT2D eigenvalue weighted by Crippen LogP contribution is 2.23. The maximum atomic E-state index is 9.75. The first-order chi connectivity index (χ1) is 8.70. The van der Waals surface area contributed by atoms with E-state index in [1.807, 2.05) is 25.1 Å². The van der Waals surface area contributed by atoms with Crippen LogP contribution in [0.25, 0.3) is 0 Å². The quantitative estimate of drug-likeness (QED) is 0.853. The lowest BCUT2D eigenvalue weighted by Crippen LogP contribution is -2.17. The molecule has 18 heavy (non-hydrogen) atoms. The Balaban J connectivity index is 2.01. The van der Waals surface area contributed by atoms with E-state index in [-0.39, 0.29) is 11.8 Å². The van der Waals surface area contributed by atoms with Gasteiger partial charge in [-0.2, -0.15) is 0 Å². The Morgan fingerprint density at radius 1 is 1.39 bits per heavy atom. The van der Waals surface area contributed by atoms with Gasteiger partial charge in [0.05, 0.1) is 19.4 Å². The first-order valence-corrected chi connectivity index (χ1v) is 5.83. The van der Waals surface area contributed by atoms with E-state index in [0.29, 0.717) is 6.54 Å². The van der Waals surface area contributed by atoms with E-state index < -0.39 is 0 Å². The third-order valence-electron chi connectivity index (χ3n) is 2.86. The zero-order valence-electron chi connectivity index (χ0n) is 10.5. The van der Waals surface area contributed by atoms with Crippen molar-refractivity contribution in [3.05, 3.63) is 47.9 Å². The molecule has 4 heteroatoms. The van der Waals surface area contributed by atoms with Gasteiger partial charge in [0.2, 0.25) is 0 Å². The molecule has 0 aliphatic rings. The number of benzene rings is 1. The van der Waals surface area contributed by atoms with Crippen molar-refractivity contribution >= 4 is 0 Å². The largest absolute Gasteiger partial charge is 0.508 e. The van der Waals surface area contributed by atoms with Gasteiger partial charge < -0.3 is 19.6 Å². The van der Waals surface area contributed by atoms with E-state index in [4.69, 9.17) is 9.15 Å². The number of phenols is 1. The third kappa shape index (κ3) is 2.84. The standard InChI is InChI=1S/C14H17NO3/c1-10(14-4-3-7-18-14)15-9-11-8-12(17-2)5-6-13(11)16/h3-8,10,15-16H,9H2,1-2H3/t10-/m0/s1. The second kappa shape index (κ2) is 5.60. The summed E-state index contributed by atoms with van der Waals surface area (Å²) in [4.78, 5) is 0. The molecule has 0 unspecified atom stereocenters. The van der Waals surface area contributed by atoms with E-state index in [0.717, 1.165) is 17.1 Å². The maximum Gasteiger partial charge on any atom is 0.120 e. The van der Waals surface area contributed by atoms with Crippen molar-refractivity contribution in [2.24, 2.45) is 0 Å². The highest BCUT2D eigenvalue weighted by Gasteiger charge is 2.09. The predicted molar refractivity (Wildman–Crippen MR) is 68.6 cm³/mol. The second-order valence-electron chi connectivity index (χ2n) is 4.11. The van der Waals surface area contributed by atoms with E-state index in [1.54, 1.807) is 25.5 Å². The van der Waals surface area contributed by atoms with Crippen molar-refractivity contribution in [2.45, 2.75) is 19.5 Å². The third-order valence-corrected chi connectivity index (χ3v) is 2.86. The second-order valence-corrected chi connectivity index (χ2v) is 4.11. The molecule has 0 aliphatic heterocycles. The molecule has 0 aliphatic carbocycles. The van der Waals surface area contributed by atoms with Gasteiger partial charge in [-0.15, -0.1) is 0 Å². The Morgan fingerprint density at radius 2 is 2.22 bits per heavy atom. The fourth-order valence-corrected chi connectivity index (χ4v) is 1.73. The molecule has 96 valence electrons. The minimum atomic E-state index is 0.0885. The summed E-state index contributed by atoms with van der Waals surface area (Å²) in [7, 11) is 1.61. The smallest absolute Gasteiger partial charge is 0.120 e. The van der Waals surface area contributed by atoms with Crippen LogP contribution in [0.4, 0.5) is 0 Å². The Bertz CT molecular complexity index is 494. The van der Waals surface area contributed by atoms with Crippen LogP contribution in [0.15, 0.2) is 41.0 Å². The molecule has 0 bridgehead atoms. The molecule has 1 heterocycles. The summed E-state index contributed by atoms with van der Waals surface area (Å²) in [5, 5.41) is 13.0. The van der Waals surface area contributed by atoms with E-state index in [1.165, 1.54) is 0 Å². The summed E-state index contributed by atoms with van der Waals surface area (Å²) in [6.45, 7) is 2.56. The summed E-state index contributed by atoms with van der Waals surface area (Å²) in [6, 6.07) is 9.05. The molecule has 2 rings (SSSR count). The SMILES string of the molecule is COc1ccc(O)c(CN[C@@H](C)c2ccco2)c1. The topological polar surface area (TPSA) is 54.6 Å². The molecule has 0 saturated carbocycles. The van der Waals surface area contributed by atoms with Crippen LogP contribution in [0.2, 0.25) is 0 Å². The molecule has 1 aromatic carbocycles. The van der Waals surface area contributed by atoms with Crippen LogP contribution < -0.4 is 10.1 Å². The average molecular weight is 247 g/mol. The Kier molecular flexibility index (Phi) is 3.89. The molecule has 4 nitrogen and oxygen atoms in total. The number of nitrogens with one attached hydrogen (secondary N) is 1. The summed E-state index contributed by atoms with van der Waals surface area (Å²) in [6.07, 6.45) is 1.65. The van der Waals surface area contributed by atoms with Crippen molar-refractivity contribution in [1.29, 1.82) is 0 Å². The predicted octanol–water partition coefficient (Wildman–Crippen LogP) is 2.84. The van der Waals surface area contributed by atoms with Gasteiger partial charge in [0.25, 0.3) is 0 Å². The fourth-order valence-electron chi connectivity index (χ4n) is 1.73. The number of rotatable bonds is 5. The zero-order valence-corrected chi connectivity index (χ0v) is 10.5. The molecule has 0 fully saturated rings. The monoisotopic (exact) mass is 247 g/mol. The maximum absolute atomic E-state index is 9.75. The number of phenolic OH excluding ortho intramolecular Hbond substituents is 1. The highest BCUT2D eigenvalue weighted by atomic mass is 16.5. The lowest BCUT2D eigenvalue weighted by atomic mass is 10.1. The minimum absolute atomic E-state index is 0.0885. The van der Waals surface area contributed by atoms with E-state index in [9.17, 15) is 5.11 Å². The van der Waals surface area contributed by atoms with Gasteiger partial charge >= 0.3 is 0 Å². The van der Waals surface area contributed by atoms with Crippen LogP contribution in [0.1, 0.15) is 24.3 Å². The normalized spacial score (nSPS) is 12.3. The van der Waals surface area contributed by atoms with Gasteiger partial charge in [0.1, 0.15) is 17.3 Å². The van der Waals surface area contributed by atoms with Crippen molar-refractivity contribution in [2.75, 3.05) is 7.11 Å². The minimum Gasteiger partial charge on any atom is -0.508 e. The molecule has 1 atom stereocenters. The van der Waals surface area contributed by atoms with Gasteiger partial charge in [0, 0.05) is 12.1 Å². The lowest BCUT2D eigenvalue weighted by Gasteiger charge is -2.13. The first-order valence-electron chi connectivity index (χ1n) is 5.83. The molecule has 0 saturated heterocycles. The molecule has 0 radical (unpaired) electrons. The summed E-state index contributed by atoms with van der Waals surface area (Å²) in [5.41, 5.74) is 0.799. The molecule has 2 N–H and O–H groups in total. The number of aromatic hydroxyl groups is 1. The number of hydrogen-bond donors (Lipinski definition) is 2. The van der Waals surface area contributed by atoms with Crippen LogP contribution in [-0.2, 0) is 6.54 Å². The van der Waals surface area contributed by atoms with Crippen LogP contribution in [0.5, 0.6) is 11.5 Å². The van der Waals surface area contributed by atoms with Gasteiger partial charge in [-0.1, -0.05) is 0 Å². The molecular formula is C14H17NO3. The van der Waals surface area contributed by atoms with E-state index in [2.05, 4.69) is 5.32 Å². The van der Waals surface area contributed by atoms with Crippen molar-refractivity contribution in [3.63, 3.8) is 0 Å². The zero-order chi connectivity index (χ0) is 13.0. The highest BCUT2D eigenvalue weighted by molar-refractivity contribution is 5.39. The molecule has 1 aromatic heterocycles. The van der Waals surface area contributed by atoms with Crippen LogP contribution in [0.3, 0.4) is 0 Å². The van der Waals surface area contributed by atoms with Gasteiger partial charge in [-0.05, 0) is 37.3 Å². The Morgan fingerprint density at radius 3 is 2.89 bits per heavy atom. The molecular weight excluding hydrogens is 230 g/mol. The molecule has 0 amide bonds. The van der Waals surface area contributed by atoms with Crippen molar-refractivity contribution in [1.82, 2.24) is 5.32 Å².